The third-order valence-corrected chi connectivity index (χ3v) is 3.68. The van der Waals surface area contributed by atoms with Crippen molar-refractivity contribution in [3.05, 3.63) is 29.6 Å². The zero-order chi connectivity index (χ0) is 12.0. The van der Waals surface area contributed by atoms with Gasteiger partial charge >= 0.3 is 6.03 Å². The molecule has 1 aromatic carbocycles. The van der Waals surface area contributed by atoms with Crippen molar-refractivity contribution in [2.45, 2.75) is 18.4 Å². The molecule has 1 saturated heterocycles. The first kappa shape index (κ1) is 10.4. The number of piperidine rings is 1. The van der Waals surface area contributed by atoms with E-state index in [1.54, 1.807) is 17.0 Å². The summed E-state index contributed by atoms with van der Waals surface area (Å²) in [6.45, 7) is 1.24. The largest absolute Gasteiger partial charge is 0.381 e. The van der Waals surface area contributed by atoms with Crippen molar-refractivity contribution in [1.82, 2.24) is 4.90 Å². The number of hydrogen-bond donors (Lipinski definition) is 2. The van der Waals surface area contributed by atoms with Gasteiger partial charge in [-0.25, -0.2) is 9.18 Å². The van der Waals surface area contributed by atoms with Crippen molar-refractivity contribution in [2.24, 2.45) is 5.73 Å². The van der Waals surface area contributed by atoms with Crippen LogP contribution < -0.4 is 11.1 Å². The number of hydrogen-bond acceptors (Lipinski definition) is 2. The third-order valence-electron chi connectivity index (χ3n) is 3.68. The Kier molecular flexibility index (Phi) is 2.21. The van der Waals surface area contributed by atoms with Crippen LogP contribution >= 0.6 is 0 Å². The maximum atomic E-state index is 13.2. The van der Waals surface area contributed by atoms with Gasteiger partial charge in [0.1, 0.15) is 5.82 Å². The molecule has 2 aliphatic heterocycles. The Bertz CT molecular complexity index is 477. The number of benzene rings is 1. The topological polar surface area (TPSA) is 58.4 Å². The maximum absolute atomic E-state index is 13.2. The molecule has 0 unspecified atom stereocenters. The zero-order valence-corrected chi connectivity index (χ0v) is 9.32. The highest BCUT2D eigenvalue weighted by Gasteiger charge is 2.37. The Morgan fingerprint density at radius 3 is 3.12 bits per heavy atom. The number of primary amides is 1. The lowest BCUT2D eigenvalue weighted by Crippen LogP contribution is -2.47. The Hall–Kier alpha value is -1.78. The van der Waals surface area contributed by atoms with E-state index in [0.717, 1.165) is 17.7 Å². The summed E-state index contributed by atoms with van der Waals surface area (Å²) in [5, 5.41) is 3.38. The number of carbonyl (C=O) groups is 1. The van der Waals surface area contributed by atoms with E-state index in [0.29, 0.717) is 19.1 Å². The first-order chi connectivity index (χ1) is 8.15. The number of urea groups is 1. The summed E-state index contributed by atoms with van der Waals surface area (Å²) < 4.78 is 13.2. The molecule has 0 aliphatic carbocycles. The van der Waals surface area contributed by atoms with Crippen LogP contribution in [0.25, 0.3) is 0 Å². The van der Waals surface area contributed by atoms with Crippen molar-refractivity contribution in [3.8, 4) is 0 Å². The van der Waals surface area contributed by atoms with E-state index in [-0.39, 0.29) is 11.7 Å². The standard InChI is InChI=1S/C12H14FN3O/c13-7-1-2-10-8(5-7)9-6-16(12(14)17)4-3-11(9)15-10/h1-2,5,9,11,15H,3-4,6H2,(H2,14,17)/t9-,11+/m0/s1. The van der Waals surface area contributed by atoms with Crippen LogP contribution in [0.5, 0.6) is 0 Å². The number of halogens is 1. The quantitative estimate of drug-likeness (QED) is 0.715. The van der Waals surface area contributed by atoms with Crippen molar-refractivity contribution in [1.29, 1.82) is 0 Å². The lowest BCUT2D eigenvalue weighted by Gasteiger charge is -2.34. The zero-order valence-electron chi connectivity index (χ0n) is 9.32. The van der Waals surface area contributed by atoms with E-state index in [1.807, 2.05) is 0 Å². The van der Waals surface area contributed by atoms with Crippen LogP contribution in [0.15, 0.2) is 18.2 Å². The highest BCUT2D eigenvalue weighted by Crippen LogP contribution is 2.40. The molecule has 1 fully saturated rings. The van der Waals surface area contributed by atoms with Crippen LogP contribution in [0, 0.1) is 5.82 Å². The van der Waals surface area contributed by atoms with Crippen molar-refractivity contribution < 1.29 is 9.18 Å². The molecule has 17 heavy (non-hydrogen) atoms. The molecule has 2 heterocycles. The molecule has 3 N–H and O–H groups in total. The SMILES string of the molecule is NC(=O)N1CC[C@H]2Nc3ccc(F)cc3[C@@H]2C1. The summed E-state index contributed by atoms with van der Waals surface area (Å²) in [6.07, 6.45) is 0.851. The van der Waals surface area contributed by atoms with Gasteiger partial charge in [0.2, 0.25) is 0 Å². The van der Waals surface area contributed by atoms with Crippen LogP contribution in [0.4, 0.5) is 14.9 Å². The fourth-order valence-electron chi connectivity index (χ4n) is 2.81. The van der Waals surface area contributed by atoms with Gasteiger partial charge in [0.15, 0.2) is 0 Å². The van der Waals surface area contributed by atoms with Crippen LogP contribution in [0.3, 0.4) is 0 Å². The Morgan fingerprint density at radius 1 is 1.53 bits per heavy atom. The molecule has 4 nitrogen and oxygen atoms in total. The second-order valence-corrected chi connectivity index (χ2v) is 4.66. The molecule has 2 aliphatic rings. The Labute approximate surface area is 98.6 Å². The second-order valence-electron chi connectivity index (χ2n) is 4.66. The minimum Gasteiger partial charge on any atom is -0.381 e. The highest BCUT2D eigenvalue weighted by atomic mass is 19.1. The van der Waals surface area contributed by atoms with Gasteiger partial charge in [-0.05, 0) is 30.2 Å². The van der Waals surface area contributed by atoms with Crippen LogP contribution in [-0.4, -0.2) is 30.1 Å². The first-order valence-corrected chi connectivity index (χ1v) is 5.75. The number of likely N-dealkylation sites (tertiary alicyclic amines) is 1. The number of nitrogens with two attached hydrogens (primary N) is 1. The Morgan fingerprint density at radius 2 is 2.35 bits per heavy atom. The van der Waals surface area contributed by atoms with Gasteiger partial charge in [-0.2, -0.15) is 0 Å². The first-order valence-electron chi connectivity index (χ1n) is 5.75. The summed E-state index contributed by atoms with van der Waals surface area (Å²) in [4.78, 5) is 12.8. The monoisotopic (exact) mass is 235 g/mol. The van der Waals surface area contributed by atoms with Gasteiger partial charge in [-0.15, -0.1) is 0 Å². The molecule has 0 aromatic heterocycles. The molecule has 0 radical (unpaired) electrons. The number of rotatable bonds is 0. The summed E-state index contributed by atoms with van der Waals surface area (Å²) in [6, 6.07) is 4.67. The molecule has 0 saturated carbocycles. The molecule has 0 bridgehead atoms. The second kappa shape index (κ2) is 3.61. The predicted molar refractivity (Wildman–Crippen MR) is 62.3 cm³/mol. The molecular weight excluding hydrogens is 221 g/mol. The van der Waals surface area contributed by atoms with Gasteiger partial charge in [0, 0.05) is 30.7 Å². The minimum atomic E-state index is -0.395. The van der Waals surface area contributed by atoms with E-state index in [4.69, 9.17) is 5.73 Å². The van der Waals surface area contributed by atoms with Crippen LogP contribution in [0.2, 0.25) is 0 Å². The van der Waals surface area contributed by atoms with E-state index in [9.17, 15) is 9.18 Å². The van der Waals surface area contributed by atoms with Gasteiger partial charge in [0.25, 0.3) is 0 Å². The van der Waals surface area contributed by atoms with Crippen molar-refractivity contribution in [3.63, 3.8) is 0 Å². The van der Waals surface area contributed by atoms with Crippen molar-refractivity contribution in [2.75, 3.05) is 18.4 Å². The van der Waals surface area contributed by atoms with Gasteiger partial charge in [-0.3, -0.25) is 0 Å². The molecule has 2 atom stereocenters. The van der Waals surface area contributed by atoms with Crippen molar-refractivity contribution >= 4 is 11.7 Å². The van der Waals surface area contributed by atoms with Gasteiger partial charge in [-0.1, -0.05) is 0 Å². The number of nitrogens with zero attached hydrogens (tertiary/aromatic N) is 1. The van der Waals surface area contributed by atoms with Crippen LogP contribution in [-0.2, 0) is 0 Å². The molecule has 3 rings (SSSR count). The minimum absolute atomic E-state index is 0.155. The van der Waals surface area contributed by atoms with E-state index in [2.05, 4.69) is 5.32 Å². The molecule has 90 valence electrons. The van der Waals surface area contributed by atoms with Gasteiger partial charge < -0.3 is 16.0 Å². The van der Waals surface area contributed by atoms with Crippen LogP contribution in [0.1, 0.15) is 17.9 Å². The summed E-state index contributed by atoms with van der Waals surface area (Å²) in [5.41, 5.74) is 7.23. The molecule has 1 aromatic rings. The van der Waals surface area contributed by atoms with E-state index < -0.39 is 6.03 Å². The predicted octanol–water partition coefficient (Wildman–Crippen LogP) is 1.49. The number of nitrogens with one attached hydrogen (secondary N) is 1. The molecular formula is C12H14FN3O. The van der Waals surface area contributed by atoms with Gasteiger partial charge in [0.05, 0.1) is 0 Å². The number of carbonyl (C=O) groups excluding carboxylic acids is 1. The fourth-order valence-corrected chi connectivity index (χ4v) is 2.81. The maximum Gasteiger partial charge on any atom is 0.314 e. The highest BCUT2D eigenvalue weighted by molar-refractivity contribution is 5.73. The summed E-state index contributed by atoms with van der Waals surface area (Å²) in [7, 11) is 0. The van der Waals surface area contributed by atoms with E-state index >= 15 is 0 Å². The molecule has 2 amide bonds. The lowest BCUT2D eigenvalue weighted by molar-refractivity contribution is 0.186. The number of fused-ring (bicyclic) bond motifs is 3. The average Bonchev–Trinajstić information content (AvgIpc) is 2.66. The fraction of sp³-hybridized carbons (Fsp3) is 0.417. The normalized spacial score (nSPS) is 26.1. The average molecular weight is 235 g/mol. The third kappa shape index (κ3) is 1.62. The summed E-state index contributed by atoms with van der Waals surface area (Å²) in [5.74, 6) is -0.0793. The number of anilines is 1. The summed E-state index contributed by atoms with van der Waals surface area (Å²) >= 11 is 0. The van der Waals surface area contributed by atoms with E-state index in [1.165, 1.54) is 6.07 Å². The molecule has 5 heteroatoms. The molecule has 0 spiro atoms. The Balaban J connectivity index is 1.92. The smallest absolute Gasteiger partial charge is 0.314 e. The lowest BCUT2D eigenvalue weighted by atomic mass is 9.89. The number of amides is 2.